The minimum absolute atomic E-state index is 0.662. The molecule has 4 rings (SSSR count). The number of imidazole rings is 1. The summed E-state index contributed by atoms with van der Waals surface area (Å²) in [6, 6.07) is 12.1. The van der Waals surface area contributed by atoms with Gasteiger partial charge >= 0.3 is 0 Å². The third-order valence-corrected chi connectivity index (χ3v) is 3.83. The van der Waals surface area contributed by atoms with Crippen molar-refractivity contribution in [2.24, 2.45) is 0 Å². The van der Waals surface area contributed by atoms with Gasteiger partial charge in [-0.15, -0.1) is 0 Å². The van der Waals surface area contributed by atoms with Crippen LogP contribution in [0.1, 0.15) is 17.0 Å². The van der Waals surface area contributed by atoms with E-state index in [0.717, 1.165) is 33.8 Å². The van der Waals surface area contributed by atoms with Gasteiger partial charge in [0.25, 0.3) is 0 Å². The highest BCUT2D eigenvalue weighted by Gasteiger charge is 2.18. The summed E-state index contributed by atoms with van der Waals surface area (Å²) in [6.45, 7) is 4.50. The molecule has 0 spiro atoms. The third kappa shape index (κ3) is 2.38. The van der Waals surface area contributed by atoms with Crippen LogP contribution in [0, 0.1) is 13.8 Å². The third-order valence-electron chi connectivity index (χ3n) is 3.83. The normalized spacial score (nSPS) is 11.2. The van der Waals surface area contributed by atoms with Crippen LogP contribution in [0.3, 0.4) is 0 Å². The minimum atomic E-state index is 0.662. The van der Waals surface area contributed by atoms with Gasteiger partial charge in [-0.05, 0) is 42.8 Å². The highest BCUT2D eigenvalue weighted by atomic mass is 16.6. The number of benzene rings is 1. The Labute approximate surface area is 132 Å². The van der Waals surface area contributed by atoms with Gasteiger partial charge in [-0.2, -0.15) is 0 Å². The average Bonchev–Trinajstić information content (AvgIpc) is 3.13. The van der Waals surface area contributed by atoms with E-state index in [1.807, 2.05) is 44.3 Å². The molecule has 3 heterocycles. The number of aromatic nitrogens is 5. The van der Waals surface area contributed by atoms with Crippen molar-refractivity contribution in [1.82, 2.24) is 24.8 Å². The standard InChI is InChI=1S/C17H15N5O/c1-11-7-8-13(9-18-11)10-22-15-6-4-3-5-14(15)19-17(22)16-12(2)20-23-21-16/h3-9H,10H2,1-2H3. The van der Waals surface area contributed by atoms with E-state index >= 15 is 0 Å². The van der Waals surface area contributed by atoms with Crippen LogP contribution in [0.2, 0.25) is 0 Å². The number of para-hydroxylation sites is 2. The Bertz CT molecular complexity index is 968. The number of fused-ring (bicyclic) bond motifs is 1. The monoisotopic (exact) mass is 305 g/mol. The second-order valence-electron chi connectivity index (χ2n) is 5.52. The summed E-state index contributed by atoms with van der Waals surface area (Å²) in [5.41, 5.74) is 5.47. The van der Waals surface area contributed by atoms with Crippen LogP contribution in [0.25, 0.3) is 22.6 Å². The van der Waals surface area contributed by atoms with E-state index in [1.165, 1.54) is 0 Å². The Morgan fingerprint density at radius 1 is 1.04 bits per heavy atom. The van der Waals surface area contributed by atoms with Gasteiger partial charge in [0.1, 0.15) is 5.69 Å². The maximum absolute atomic E-state index is 4.85. The molecule has 3 aromatic heterocycles. The van der Waals surface area contributed by atoms with Crippen molar-refractivity contribution in [1.29, 1.82) is 0 Å². The number of aryl methyl sites for hydroxylation is 2. The van der Waals surface area contributed by atoms with Crippen molar-refractivity contribution in [2.45, 2.75) is 20.4 Å². The van der Waals surface area contributed by atoms with E-state index in [-0.39, 0.29) is 0 Å². The molecule has 0 unspecified atom stereocenters. The fourth-order valence-corrected chi connectivity index (χ4v) is 2.63. The lowest BCUT2D eigenvalue weighted by Crippen LogP contribution is -2.03. The lowest BCUT2D eigenvalue weighted by atomic mass is 10.2. The summed E-state index contributed by atoms with van der Waals surface area (Å²) in [5, 5.41) is 7.88. The van der Waals surface area contributed by atoms with Gasteiger partial charge < -0.3 is 4.57 Å². The van der Waals surface area contributed by atoms with Gasteiger partial charge in [-0.3, -0.25) is 4.98 Å². The molecule has 0 fully saturated rings. The van der Waals surface area contributed by atoms with Crippen molar-refractivity contribution in [3.63, 3.8) is 0 Å². The number of nitrogens with zero attached hydrogens (tertiary/aromatic N) is 5. The summed E-state index contributed by atoms with van der Waals surface area (Å²) in [4.78, 5) is 9.08. The first-order chi connectivity index (χ1) is 11.2. The Morgan fingerprint density at radius 2 is 1.91 bits per heavy atom. The van der Waals surface area contributed by atoms with Crippen molar-refractivity contribution >= 4 is 11.0 Å². The second kappa shape index (κ2) is 5.31. The lowest BCUT2D eigenvalue weighted by Gasteiger charge is -2.08. The molecular weight excluding hydrogens is 290 g/mol. The van der Waals surface area contributed by atoms with E-state index < -0.39 is 0 Å². The largest absolute Gasteiger partial charge is 0.318 e. The molecule has 114 valence electrons. The SMILES string of the molecule is Cc1ccc(Cn2c(-c3nonc3C)nc3ccccc32)cn1. The molecule has 0 saturated carbocycles. The molecular formula is C17H15N5O. The minimum Gasteiger partial charge on any atom is -0.318 e. The van der Waals surface area contributed by atoms with Crippen molar-refractivity contribution in [3.05, 3.63) is 59.5 Å². The molecule has 0 aliphatic rings. The predicted octanol–water partition coefficient (Wildman–Crippen LogP) is 3.15. The molecule has 0 amide bonds. The topological polar surface area (TPSA) is 69.6 Å². The quantitative estimate of drug-likeness (QED) is 0.581. The average molecular weight is 305 g/mol. The Hall–Kier alpha value is -3.02. The predicted molar refractivity (Wildman–Crippen MR) is 85.8 cm³/mol. The fraction of sp³-hybridized carbons (Fsp3) is 0.176. The fourth-order valence-electron chi connectivity index (χ4n) is 2.63. The molecule has 0 atom stereocenters. The van der Waals surface area contributed by atoms with Gasteiger partial charge in [0.15, 0.2) is 11.5 Å². The summed E-state index contributed by atoms with van der Waals surface area (Å²) in [7, 11) is 0. The highest BCUT2D eigenvalue weighted by Crippen LogP contribution is 2.26. The Morgan fingerprint density at radius 3 is 2.65 bits per heavy atom. The first-order valence-corrected chi connectivity index (χ1v) is 7.39. The molecule has 23 heavy (non-hydrogen) atoms. The summed E-state index contributed by atoms with van der Waals surface area (Å²) in [6.07, 6.45) is 1.89. The van der Waals surface area contributed by atoms with Crippen LogP contribution in [0.4, 0.5) is 0 Å². The van der Waals surface area contributed by atoms with Gasteiger partial charge in [0.2, 0.25) is 0 Å². The van der Waals surface area contributed by atoms with Gasteiger partial charge in [-0.25, -0.2) is 9.61 Å². The summed E-state index contributed by atoms with van der Waals surface area (Å²) in [5.74, 6) is 0.755. The zero-order valence-electron chi connectivity index (χ0n) is 12.9. The molecule has 0 N–H and O–H groups in total. The molecule has 0 bridgehead atoms. The maximum Gasteiger partial charge on any atom is 0.173 e. The Balaban J connectivity index is 1.89. The molecule has 6 nitrogen and oxygen atoms in total. The van der Waals surface area contributed by atoms with Crippen LogP contribution >= 0.6 is 0 Å². The number of hydrogen-bond donors (Lipinski definition) is 0. The molecule has 0 aliphatic heterocycles. The summed E-state index contributed by atoms with van der Waals surface area (Å²) >= 11 is 0. The molecule has 0 radical (unpaired) electrons. The number of hydrogen-bond acceptors (Lipinski definition) is 5. The van der Waals surface area contributed by atoms with Crippen molar-refractivity contribution in [2.75, 3.05) is 0 Å². The summed E-state index contributed by atoms with van der Waals surface area (Å²) < 4.78 is 6.97. The van der Waals surface area contributed by atoms with Crippen LogP contribution < -0.4 is 0 Å². The van der Waals surface area contributed by atoms with E-state index in [4.69, 9.17) is 9.61 Å². The molecule has 0 saturated heterocycles. The van der Waals surface area contributed by atoms with Crippen LogP contribution in [0.5, 0.6) is 0 Å². The molecule has 0 aliphatic carbocycles. The van der Waals surface area contributed by atoms with E-state index in [2.05, 4.69) is 32.0 Å². The first kappa shape index (κ1) is 13.6. The number of rotatable bonds is 3. The maximum atomic E-state index is 4.85. The van der Waals surface area contributed by atoms with Crippen LogP contribution in [-0.4, -0.2) is 24.8 Å². The highest BCUT2D eigenvalue weighted by molar-refractivity contribution is 5.80. The zero-order valence-corrected chi connectivity index (χ0v) is 12.9. The van der Waals surface area contributed by atoms with Gasteiger partial charge in [-0.1, -0.05) is 23.4 Å². The first-order valence-electron chi connectivity index (χ1n) is 7.39. The van der Waals surface area contributed by atoms with Crippen molar-refractivity contribution in [3.8, 4) is 11.5 Å². The van der Waals surface area contributed by atoms with E-state index in [0.29, 0.717) is 12.2 Å². The van der Waals surface area contributed by atoms with Crippen LogP contribution in [-0.2, 0) is 6.54 Å². The van der Waals surface area contributed by atoms with Crippen molar-refractivity contribution < 1.29 is 4.63 Å². The second-order valence-corrected chi connectivity index (χ2v) is 5.52. The van der Waals surface area contributed by atoms with Gasteiger partial charge in [0.05, 0.1) is 17.6 Å². The smallest absolute Gasteiger partial charge is 0.173 e. The zero-order chi connectivity index (χ0) is 15.8. The Kier molecular flexibility index (Phi) is 3.15. The number of pyridine rings is 1. The van der Waals surface area contributed by atoms with Crippen LogP contribution in [0.15, 0.2) is 47.2 Å². The van der Waals surface area contributed by atoms with E-state index in [9.17, 15) is 0 Å². The molecule has 4 aromatic rings. The van der Waals surface area contributed by atoms with E-state index in [1.54, 1.807) is 0 Å². The lowest BCUT2D eigenvalue weighted by molar-refractivity contribution is 0.305. The van der Waals surface area contributed by atoms with Gasteiger partial charge in [0, 0.05) is 11.9 Å². The molecule has 6 heteroatoms. The molecule has 1 aromatic carbocycles.